The third kappa shape index (κ3) is 6.26. The Hall–Kier alpha value is -3.58. The van der Waals surface area contributed by atoms with E-state index in [1.165, 1.54) is 25.3 Å². The highest BCUT2D eigenvalue weighted by atomic mass is 35.5. The number of ether oxygens (including phenoxy) is 2. The van der Waals surface area contributed by atoms with Crippen molar-refractivity contribution >= 4 is 29.2 Å². The number of nitrogens with one attached hydrogen (secondary N) is 1. The maximum absolute atomic E-state index is 12.4. The Balaban J connectivity index is 1.36. The molecule has 34 heavy (non-hydrogen) atoms. The highest BCUT2D eigenvalue weighted by Crippen LogP contribution is 2.33. The standard InChI is InChI=1S/C26H25ClN2O5/c27-21-12-11-19(15-23(21)33-18-6-2-1-3-7-18)34-25-13-10-17(16-28-25)14-24(30)29-22-9-5-4-8-20(22)26(31)32/h4-5,8-13,15-16,18H,1-3,6-7,14H2,(H,29,30)(H,31,32). The van der Waals surface area contributed by atoms with Crippen molar-refractivity contribution in [1.82, 2.24) is 4.98 Å². The second-order valence-electron chi connectivity index (χ2n) is 8.15. The number of hydrogen-bond acceptors (Lipinski definition) is 5. The van der Waals surface area contributed by atoms with Gasteiger partial charge in [0.25, 0.3) is 0 Å². The highest BCUT2D eigenvalue weighted by molar-refractivity contribution is 6.32. The second kappa shape index (κ2) is 11.0. The molecule has 0 saturated heterocycles. The van der Waals surface area contributed by atoms with Crippen LogP contribution < -0.4 is 14.8 Å². The topological polar surface area (TPSA) is 97.8 Å². The van der Waals surface area contributed by atoms with Crippen LogP contribution in [0.2, 0.25) is 5.02 Å². The molecular formula is C26H25ClN2O5. The van der Waals surface area contributed by atoms with Crippen molar-refractivity contribution in [1.29, 1.82) is 0 Å². The zero-order chi connectivity index (χ0) is 23.9. The predicted octanol–water partition coefficient (Wildman–Crippen LogP) is 6.12. The fraction of sp³-hybridized carbons (Fsp3) is 0.269. The van der Waals surface area contributed by atoms with Crippen LogP contribution in [0.15, 0.2) is 60.8 Å². The molecule has 0 atom stereocenters. The largest absolute Gasteiger partial charge is 0.489 e. The Kier molecular flexibility index (Phi) is 7.65. The number of rotatable bonds is 8. The maximum Gasteiger partial charge on any atom is 0.337 e. The van der Waals surface area contributed by atoms with Crippen molar-refractivity contribution in [2.24, 2.45) is 0 Å². The lowest BCUT2D eigenvalue weighted by Crippen LogP contribution is -2.19. The van der Waals surface area contributed by atoms with Crippen LogP contribution in [0, 0.1) is 0 Å². The number of pyridine rings is 1. The lowest BCUT2D eigenvalue weighted by atomic mass is 9.98. The van der Waals surface area contributed by atoms with Gasteiger partial charge in [-0.2, -0.15) is 0 Å². The molecule has 1 amide bonds. The molecule has 1 saturated carbocycles. The van der Waals surface area contributed by atoms with E-state index in [4.69, 9.17) is 21.1 Å². The minimum atomic E-state index is -1.10. The average Bonchev–Trinajstić information content (AvgIpc) is 2.83. The summed E-state index contributed by atoms with van der Waals surface area (Å²) in [6.07, 6.45) is 7.40. The van der Waals surface area contributed by atoms with Gasteiger partial charge in [0.1, 0.15) is 11.5 Å². The van der Waals surface area contributed by atoms with Crippen molar-refractivity contribution in [3.63, 3.8) is 0 Å². The molecule has 4 rings (SSSR count). The van der Waals surface area contributed by atoms with Crippen LogP contribution in [-0.4, -0.2) is 28.1 Å². The zero-order valence-electron chi connectivity index (χ0n) is 18.5. The summed E-state index contributed by atoms with van der Waals surface area (Å²) in [6.45, 7) is 0. The molecule has 176 valence electrons. The van der Waals surface area contributed by atoms with Gasteiger partial charge >= 0.3 is 5.97 Å². The number of benzene rings is 2. The number of carbonyl (C=O) groups is 2. The molecule has 0 spiro atoms. The van der Waals surface area contributed by atoms with Crippen LogP contribution in [0.25, 0.3) is 0 Å². The van der Waals surface area contributed by atoms with E-state index < -0.39 is 5.97 Å². The SMILES string of the molecule is O=C(Cc1ccc(Oc2ccc(Cl)c(OC3CCCCC3)c2)nc1)Nc1ccccc1C(=O)O. The Morgan fingerprint density at radius 2 is 1.85 bits per heavy atom. The molecular weight excluding hydrogens is 456 g/mol. The molecule has 8 heteroatoms. The monoisotopic (exact) mass is 480 g/mol. The number of amides is 1. The summed E-state index contributed by atoms with van der Waals surface area (Å²) in [5.41, 5.74) is 0.949. The van der Waals surface area contributed by atoms with E-state index >= 15 is 0 Å². The van der Waals surface area contributed by atoms with E-state index in [1.807, 2.05) is 0 Å². The molecule has 1 aliphatic rings. The molecule has 0 radical (unpaired) electrons. The van der Waals surface area contributed by atoms with E-state index in [0.29, 0.717) is 28.0 Å². The Morgan fingerprint density at radius 3 is 2.59 bits per heavy atom. The van der Waals surface area contributed by atoms with Crippen LogP contribution >= 0.6 is 11.6 Å². The van der Waals surface area contributed by atoms with Gasteiger partial charge in [-0.3, -0.25) is 4.79 Å². The third-order valence-corrected chi connectivity index (χ3v) is 5.88. The molecule has 0 aliphatic heterocycles. The first-order chi connectivity index (χ1) is 16.5. The summed E-state index contributed by atoms with van der Waals surface area (Å²) < 4.78 is 11.9. The zero-order valence-corrected chi connectivity index (χ0v) is 19.3. The molecule has 1 aromatic heterocycles. The van der Waals surface area contributed by atoms with E-state index in [-0.39, 0.29) is 29.7 Å². The molecule has 2 aromatic carbocycles. The number of carbonyl (C=O) groups excluding carboxylic acids is 1. The molecule has 2 N–H and O–H groups in total. The molecule has 0 bridgehead atoms. The summed E-state index contributed by atoms with van der Waals surface area (Å²) in [6, 6.07) is 14.9. The van der Waals surface area contributed by atoms with Gasteiger partial charge in [-0.25, -0.2) is 9.78 Å². The summed E-state index contributed by atoms with van der Waals surface area (Å²) in [7, 11) is 0. The molecule has 7 nitrogen and oxygen atoms in total. The number of aromatic nitrogens is 1. The first-order valence-corrected chi connectivity index (χ1v) is 11.6. The van der Waals surface area contributed by atoms with Crippen molar-refractivity contribution in [3.05, 3.63) is 76.9 Å². The molecule has 3 aromatic rings. The normalized spacial score (nSPS) is 13.8. The van der Waals surface area contributed by atoms with Crippen molar-refractivity contribution in [2.75, 3.05) is 5.32 Å². The van der Waals surface area contributed by atoms with Gasteiger partial charge < -0.3 is 19.9 Å². The summed E-state index contributed by atoms with van der Waals surface area (Å²) in [4.78, 5) is 28.0. The minimum Gasteiger partial charge on any atom is -0.489 e. The van der Waals surface area contributed by atoms with E-state index in [2.05, 4.69) is 10.3 Å². The van der Waals surface area contributed by atoms with E-state index in [0.717, 1.165) is 12.8 Å². The predicted molar refractivity (Wildman–Crippen MR) is 129 cm³/mol. The van der Waals surface area contributed by atoms with Crippen molar-refractivity contribution in [2.45, 2.75) is 44.6 Å². The Bertz CT molecular complexity index is 1160. The van der Waals surface area contributed by atoms with Crippen LogP contribution in [0.4, 0.5) is 5.69 Å². The Morgan fingerprint density at radius 1 is 1.06 bits per heavy atom. The third-order valence-electron chi connectivity index (χ3n) is 5.56. The van der Waals surface area contributed by atoms with E-state index in [1.54, 1.807) is 54.7 Å². The summed E-state index contributed by atoms with van der Waals surface area (Å²) in [5.74, 6) is 0.0748. The number of para-hydroxylation sites is 1. The van der Waals surface area contributed by atoms with Crippen LogP contribution in [0.1, 0.15) is 48.0 Å². The molecule has 1 aliphatic carbocycles. The Labute approximate surface area is 202 Å². The van der Waals surface area contributed by atoms with Gasteiger partial charge in [0, 0.05) is 18.3 Å². The lowest BCUT2D eigenvalue weighted by Gasteiger charge is -2.23. The molecule has 1 heterocycles. The van der Waals surface area contributed by atoms with Crippen LogP contribution in [-0.2, 0) is 11.2 Å². The van der Waals surface area contributed by atoms with Crippen molar-refractivity contribution in [3.8, 4) is 17.4 Å². The molecule has 0 unspecified atom stereocenters. The number of carboxylic acids is 1. The van der Waals surface area contributed by atoms with Gasteiger partial charge in [-0.15, -0.1) is 0 Å². The first kappa shape index (κ1) is 23.6. The minimum absolute atomic E-state index is 0.0347. The molecule has 1 fully saturated rings. The number of anilines is 1. The smallest absolute Gasteiger partial charge is 0.337 e. The fourth-order valence-electron chi connectivity index (χ4n) is 3.86. The fourth-order valence-corrected chi connectivity index (χ4v) is 4.02. The van der Waals surface area contributed by atoms with Gasteiger partial charge in [0.05, 0.1) is 28.8 Å². The van der Waals surface area contributed by atoms with Gasteiger partial charge in [-0.05, 0) is 55.5 Å². The van der Waals surface area contributed by atoms with Crippen LogP contribution in [0.5, 0.6) is 17.4 Å². The number of nitrogens with zero attached hydrogens (tertiary/aromatic N) is 1. The average molecular weight is 481 g/mol. The van der Waals surface area contributed by atoms with Gasteiger partial charge in [0.2, 0.25) is 11.8 Å². The number of halogens is 1. The summed E-state index contributed by atoms with van der Waals surface area (Å²) in [5, 5.41) is 12.4. The van der Waals surface area contributed by atoms with Crippen molar-refractivity contribution < 1.29 is 24.2 Å². The van der Waals surface area contributed by atoms with Gasteiger partial charge in [0.15, 0.2) is 0 Å². The maximum atomic E-state index is 12.4. The van der Waals surface area contributed by atoms with Gasteiger partial charge in [-0.1, -0.05) is 36.2 Å². The number of aromatic carboxylic acids is 1. The first-order valence-electron chi connectivity index (χ1n) is 11.2. The number of hydrogen-bond donors (Lipinski definition) is 2. The van der Waals surface area contributed by atoms with Crippen LogP contribution in [0.3, 0.4) is 0 Å². The number of carboxylic acid groups (broad SMARTS) is 1. The quantitative estimate of drug-likeness (QED) is 0.403. The summed E-state index contributed by atoms with van der Waals surface area (Å²) >= 11 is 6.31. The highest BCUT2D eigenvalue weighted by Gasteiger charge is 2.17. The van der Waals surface area contributed by atoms with E-state index in [9.17, 15) is 14.7 Å². The second-order valence-corrected chi connectivity index (χ2v) is 8.56. The lowest BCUT2D eigenvalue weighted by molar-refractivity contribution is -0.115.